The molecule has 0 bridgehead atoms. The van der Waals surface area contributed by atoms with Gasteiger partial charge in [-0.25, -0.2) is 0 Å². The Morgan fingerprint density at radius 2 is 1.89 bits per heavy atom. The molecule has 1 aromatic carbocycles. The monoisotopic (exact) mass is 258 g/mol. The first-order valence-electron chi connectivity index (χ1n) is 6.58. The summed E-state index contributed by atoms with van der Waals surface area (Å²) in [6.07, 6.45) is 9.36. The maximum absolute atomic E-state index is 9.06. The van der Waals surface area contributed by atoms with Crippen LogP contribution in [0.4, 0.5) is 0 Å². The molecule has 0 radical (unpaired) electrons. The summed E-state index contributed by atoms with van der Waals surface area (Å²) in [7, 11) is 0. The fraction of sp³-hybridized carbons (Fsp3) is 0.294. The van der Waals surface area contributed by atoms with Crippen LogP contribution in [0, 0.1) is 0 Å². The molecule has 0 aliphatic carbocycles. The van der Waals surface area contributed by atoms with Crippen molar-refractivity contribution in [1.82, 2.24) is 0 Å². The number of aliphatic hydroxyl groups excluding tert-OH is 2. The average Bonchev–Trinajstić information content (AvgIpc) is 2.42. The first-order valence-corrected chi connectivity index (χ1v) is 6.58. The van der Waals surface area contributed by atoms with Crippen molar-refractivity contribution in [3.63, 3.8) is 0 Å². The van der Waals surface area contributed by atoms with Crippen molar-refractivity contribution in [2.75, 3.05) is 6.61 Å². The second kappa shape index (κ2) is 8.33. The standard InChI is InChI=1S/C17H22O2/c1-3-5-14(2)6-4-7-15-8-10-16(11-9-15)17(12-18)13-19/h4-6,8-12,18-19H,3,7,13H2,1-2H3/b6-4-,14-5-,17-12-. The van der Waals surface area contributed by atoms with E-state index < -0.39 is 0 Å². The Hall–Kier alpha value is -1.80. The van der Waals surface area contributed by atoms with Gasteiger partial charge in [0.1, 0.15) is 0 Å². The fourth-order valence-electron chi connectivity index (χ4n) is 1.83. The van der Waals surface area contributed by atoms with Crippen LogP contribution in [0.5, 0.6) is 0 Å². The zero-order valence-electron chi connectivity index (χ0n) is 11.6. The van der Waals surface area contributed by atoms with E-state index in [1.165, 1.54) is 11.1 Å². The maximum Gasteiger partial charge on any atom is 0.0852 e. The molecule has 0 amide bonds. The highest BCUT2D eigenvalue weighted by molar-refractivity contribution is 5.65. The largest absolute Gasteiger partial charge is 0.515 e. The first kappa shape index (κ1) is 15.3. The molecule has 0 fully saturated rings. The lowest BCUT2D eigenvalue weighted by molar-refractivity contribution is 0.345. The molecule has 0 unspecified atom stereocenters. The number of aliphatic hydroxyl groups is 2. The molecule has 0 spiro atoms. The predicted molar refractivity (Wildman–Crippen MR) is 81.0 cm³/mol. The molecule has 19 heavy (non-hydrogen) atoms. The second-order valence-electron chi connectivity index (χ2n) is 4.47. The van der Waals surface area contributed by atoms with Gasteiger partial charge >= 0.3 is 0 Å². The van der Waals surface area contributed by atoms with Crippen LogP contribution in [0.3, 0.4) is 0 Å². The molecule has 0 aliphatic rings. The van der Waals surface area contributed by atoms with Crippen molar-refractivity contribution in [2.45, 2.75) is 26.7 Å². The number of hydrogen-bond acceptors (Lipinski definition) is 2. The van der Waals surface area contributed by atoms with Crippen molar-refractivity contribution in [3.8, 4) is 0 Å². The smallest absolute Gasteiger partial charge is 0.0852 e. The molecule has 0 atom stereocenters. The molecule has 2 heteroatoms. The predicted octanol–water partition coefficient (Wildman–Crippen LogP) is 4.03. The minimum atomic E-state index is -0.156. The summed E-state index contributed by atoms with van der Waals surface area (Å²) in [5.41, 5.74) is 3.87. The SMILES string of the molecule is CC/C=C(C)\C=C/Cc1ccc(/C(=C\O)CO)cc1. The highest BCUT2D eigenvalue weighted by Crippen LogP contribution is 2.14. The van der Waals surface area contributed by atoms with E-state index in [0.29, 0.717) is 5.57 Å². The third-order valence-electron chi connectivity index (χ3n) is 2.91. The number of benzene rings is 1. The van der Waals surface area contributed by atoms with Gasteiger partial charge in [0.05, 0.1) is 12.9 Å². The molecule has 2 nitrogen and oxygen atoms in total. The van der Waals surface area contributed by atoms with Crippen molar-refractivity contribution >= 4 is 5.57 Å². The summed E-state index contributed by atoms with van der Waals surface area (Å²) in [5, 5.41) is 18.0. The van der Waals surface area contributed by atoms with E-state index in [1.807, 2.05) is 24.3 Å². The van der Waals surface area contributed by atoms with Gasteiger partial charge in [-0.15, -0.1) is 0 Å². The van der Waals surface area contributed by atoms with Gasteiger partial charge in [0.15, 0.2) is 0 Å². The molecule has 2 N–H and O–H groups in total. The molecule has 0 heterocycles. The van der Waals surface area contributed by atoms with Crippen LogP contribution in [-0.2, 0) is 6.42 Å². The van der Waals surface area contributed by atoms with Crippen molar-refractivity contribution in [2.24, 2.45) is 0 Å². The zero-order valence-corrected chi connectivity index (χ0v) is 11.6. The molecule has 0 saturated carbocycles. The van der Waals surface area contributed by atoms with Crippen LogP contribution in [0.15, 0.2) is 54.3 Å². The van der Waals surface area contributed by atoms with E-state index in [9.17, 15) is 0 Å². The minimum absolute atomic E-state index is 0.156. The summed E-state index contributed by atoms with van der Waals surface area (Å²) in [6, 6.07) is 7.85. The van der Waals surface area contributed by atoms with Crippen LogP contribution in [-0.4, -0.2) is 16.8 Å². The molecule has 102 valence electrons. The molecule has 0 aliphatic heterocycles. The van der Waals surface area contributed by atoms with E-state index in [-0.39, 0.29) is 6.61 Å². The van der Waals surface area contributed by atoms with Gasteiger partial charge in [-0.2, -0.15) is 0 Å². The number of allylic oxidation sites excluding steroid dienone is 4. The summed E-state index contributed by atoms with van der Waals surface area (Å²) in [6.45, 7) is 4.07. The summed E-state index contributed by atoms with van der Waals surface area (Å²) in [5.74, 6) is 0. The van der Waals surface area contributed by atoms with Gasteiger partial charge in [0.25, 0.3) is 0 Å². The molecule has 0 aromatic heterocycles. The second-order valence-corrected chi connectivity index (χ2v) is 4.47. The van der Waals surface area contributed by atoms with Crippen LogP contribution < -0.4 is 0 Å². The quantitative estimate of drug-likeness (QED) is 0.597. The lowest BCUT2D eigenvalue weighted by Crippen LogP contribution is -1.91. The van der Waals surface area contributed by atoms with Crippen LogP contribution in [0.25, 0.3) is 5.57 Å². The Kier molecular flexibility index (Phi) is 6.69. The topological polar surface area (TPSA) is 40.5 Å². The van der Waals surface area contributed by atoms with E-state index in [2.05, 4.69) is 32.1 Å². The fourth-order valence-corrected chi connectivity index (χ4v) is 1.83. The van der Waals surface area contributed by atoms with Crippen LogP contribution >= 0.6 is 0 Å². The third-order valence-corrected chi connectivity index (χ3v) is 2.91. The molecule has 1 aromatic rings. The molecule has 0 saturated heterocycles. The Bertz CT molecular complexity index is 465. The van der Waals surface area contributed by atoms with E-state index in [4.69, 9.17) is 10.2 Å². The summed E-state index contributed by atoms with van der Waals surface area (Å²) < 4.78 is 0. The van der Waals surface area contributed by atoms with Crippen molar-refractivity contribution < 1.29 is 10.2 Å². The lowest BCUT2D eigenvalue weighted by atomic mass is 10.0. The molecular formula is C17H22O2. The molecule has 1 rings (SSSR count). The zero-order chi connectivity index (χ0) is 14.1. The number of rotatable bonds is 6. The van der Waals surface area contributed by atoms with Crippen LogP contribution in [0.2, 0.25) is 0 Å². The average molecular weight is 258 g/mol. The highest BCUT2D eigenvalue weighted by Gasteiger charge is 1.99. The summed E-state index contributed by atoms with van der Waals surface area (Å²) in [4.78, 5) is 0. The Morgan fingerprint density at radius 1 is 1.21 bits per heavy atom. The van der Waals surface area contributed by atoms with Gasteiger partial charge in [0.2, 0.25) is 0 Å². The lowest BCUT2D eigenvalue weighted by Gasteiger charge is -2.04. The van der Waals surface area contributed by atoms with Crippen molar-refractivity contribution in [3.05, 3.63) is 65.5 Å². The van der Waals surface area contributed by atoms with Gasteiger partial charge in [0, 0.05) is 5.57 Å². The van der Waals surface area contributed by atoms with Crippen molar-refractivity contribution in [1.29, 1.82) is 0 Å². The third kappa shape index (κ3) is 5.14. The maximum atomic E-state index is 9.06. The van der Waals surface area contributed by atoms with E-state index in [0.717, 1.165) is 24.7 Å². The Morgan fingerprint density at radius 3 is 2.42 bits per heavy atom. The summed E-state index contributed by atoms with van der Waals surface area (Å²) >= 11 is 0. The number of hydrogen-bond donors (Lipinski definition) is 2. The van der Waals surface area contributed by atoms with Gasteiger partial charge in [-0.05, 0) is 30.9 Å². The first-order chi connectivity index (χ1) is 9.21. The normalized spacial score (nSPS) is 13.2. The highest BCUT2D eigenvalue weighted by atomic mass is 16.3. The van der Waals surface area contributed by atoms with E-state index in [1.54, 1.807) is 0 Å². The Labute approximate surface area is 115 Å². The Balaban J connectivity index is 2.65. The van der Waals surface area contributed by atoms with E-state index >= 15 is 0 Å². The van der Waals surface area contributed by atoms with Crippen LogP contribution in [0.1, 0.15) is 31.4 Å². The van der Waals surface area contributed by atoms with Gasteiger partial charge in [-0.3, -0.25) is 0 Å². The van der Waals surface area contributed by atoms with Gasteiger partial charge < -0.3 is 10.2 Å². The minimum Gasteiger partial charge on any atom is -0.515 e. The molecular weight excluding hydrogens is 236 g/mol. The van der Waals surface area contributed by atoms with Gasteiger partial charge in [-0.1, -0.05) is 55.0 Å².